The van der Waals surface area contributed by atoms with E-state index in [1.807, 2.05) is 12.1 Å². The molecule has 0 spiro atoms. The maximum atomic E-state index is 13.3. The minimum atomic E-state index is -4.57. The van der Waals surface area contributed by atoms with E-state index in [9.17, 15) is 17.6 Å². The Morgan fingerprint density at radius 1 is 0.955 bits per heavy atom. The molecule has 0 aromatic heterocycles. The van der Waals surface area contributed by atoms with Crippen LogP contribution in [-0.2, 0) is 19.1 Å². The third-order valence-electron chi connectivity index (χ3n) is 3.14. The Labute approximate surface area is 125 Å². The average molecular weight is 313 g/mol. The topological polar surface area (TPSA) is 32.3 Å². The third-order valence-corrected chi connectivity index (χ3v) is 3.14. The summed E-state index contributed by atoms with van der Waals surface area (Å²) in [5.41, 5.74) is 0.882. The number of alkyl halides is 3. The van der Waals surface area contributed by atoms with Crippen LogP contribution in [0.3, 0.4) is 0 Å². The van der Waals surface area contributed by atoms with Crippen molar-refractivity contribution in [2.45, 2.75) is 19.1 Å². The Bertz CT molecular complexity index is 623. The molecule has 0 saturated carbocycles. The second kappa shape index (κ2) is 6.79. The summed E-state index contributed by atoms with van der Waals surface area (Å²) in [6.45, 7) is 0.135. The summed E-state index contributed by atoms with van der Waals surface area (Å²) in [4.78, 5) is 0. The lowest BCUT2D eigenvalue weighted by molar-refractivity contribution is -0.137. The number of halogens is 4. The third kappa shape index (κ3) is 4.46. The molecule has 2 aromatic rings. The molecule has 0 aliphatic rings. The number of anilines is 1. The van der Waals surface area contributed by atoms with Crippen molar-refractivity contribution >= 4 is 5.69 Å². The lowest BCUT2D eigenvalue weighted by atomic mass is 10.1. The normalized spacial score (nSPS) is 11.5. The van der Waals surface area contributed by atoms with E-state index in [1.54, 1.807) is 12.1 Å². The van der Waals surface area contributed by atoms with Gasteiger partial charge in [-0.2, -0.15) is 13.2 Å². The Kier molecular flexibility index (Phi) is 5.03. The van der Waals surface area contributed by atoms with Gasteiger partial charge in [0.05, 0.1) is 5.56 Å². The molecular formula is C16H15F4NO. The first-order valence-corrected chi connectivity index (χ1v) is 6.69. The van der Waals surface area contributed by atoms with Crippen molar-refractivity contribution in [2.24, 2.45) is 0 Å². The molecule has 0 bridgehead atoms. The zero-order valence-corrected chi connectivity index (χ0v) is 11.6. The molecule has 118 valence electrons. The highest BCUT2D eigenvalue weighted by Gasteiger charge is 2.31. The quantitative estimate of drug-likeness (QED) is 0.818. The molecule has 22 heavy (non-hydrogen) atoms. The summed E-state index contributed by atoms with van der Waals surface area (Å²) in [5, 5.41) is 11.8. The van der Waals surface area contributed by atoms with Gasteiger partial charge in [-0.3, -0.25) is 0 Å². The maximum absolute atomic E-state index is 13.3. The number of hydrogen-bond donors (Lipinski definition) is 2. The maximum Gasteiger partial charge on any atom is 0.416 e. The molecule has 0 amide bonds. The van der Waals surface area contributed by atoms with Gasteiger partial charge in [0, 0.05) is 18.8 Å². The molecule has 2 nitrogen and oxygen atoms in total. The lowest BCUT2D eigenvalue weighted by Crippen LogP contribution is -2.08. The number of aliphatic hydroxyl groups is 1. The highest BCUT2D eigenvalue weighted by atomic mass is 19.4. The van der Waals surface area contributed by atoms with E-state index in [2.05, 4.69) is 5.32 Å². The van der Waals surface area contributed by atoms with Crippen LogP contribution < -0.4 is 5.32 Å². The minimum Gasteiger partial charge on any atom is -0.396 e. The molecule has 0 atom stereocenters. The molecule has 2 N–H and O–H groups in total. The average Bonchev–Trinajstić information content (AvgIpc) is 2.45. The van der Waals surface area contributed by atoms with Crippen LogP contribution in [0.4, 0.5) is 23.2 Å². The first-order valence-electron chi connectivity index (χ1n) is 6.69. The Balaban J connectivity index is 2.06. The molecule has 2 rings (SSSR count). The zero-order valence-electron chi connectivity index (χ0n) is 11.6. The standard InChI is InChI=1S/C16H15F4NO/c17-14-8-12(7-13(9-14)16(18,19)20)10-21-15-3-1-11(2-4-15)5-6-22/h1-4,7-9,21-22H,5-6,10H2. The van der Waals surface area contributed by atoms with Crippen LogP contribution in [0.1, 0.15) is 16.7 Å². The van der Waals surface area contributed by atoms with Gasteiger partial charge in [0.1, 0.15) is 5.82 Å². The number of aliphatic hydroxyl groups excluding tert-OH is 1. The molecule has 0 fully saturated rings. The van der Waals surface area contributed by atoms with E-state index in [0.717, 1.165) is 17.7 Å². The van der Waals surface area contributed by atoms with Crippen molar-refractivity contribution in [3.63, 3.8) is 0 Å². The van der Waals surface area contributed by atoms with E-state index in [4.69, 9.17) is 5.11 Å². The van der Waals surface area contributed by atoms with E-state index < -0.39 is 17.6 Å². The van der Waals surface area contributed by atoms with Crippen LogP contribution >= 0.6 is 0 Å². The molecular weight excluding hydrogens is 298 g/mol. The summed E-state index contributed by atoms with van der Waals surface area (Å²) in [6, 6.07) is 9.62. The van der Waals surface area contributed by atoms with Gasteiger partial charge in [0.25, 0.3) is 0 Å². The largest absolute Gasteiger partial charge is 0.416 e. The zero-order chi connectivity index (χ0) is 16.2. The number of hydrogen-bond acceptors (Lipinski definition) is 2. The Hall–Kier alpha value is -2.08. The second-order valence-corrected chi connectivity index (χ2v) is 4.87. The smallest absolute Gasteiger partial charge is 0.396 e. The molecule has 0 saturated heterocycles. The van der Waals surface area contributed by atoms with Gasteiger partial charge in [-0.1, -0.05) is 12.1 Å². The van der Waals surface area contributed by atoms with Gasteiger partial charge in [0.15, 0.2) is 0 Å². The van der Waals surface area contributed by atoms with Crippen LogP contribution in [0, 0.1) is 5.82 Å². The van der Waals surface area contributed by atoms with Gasteiger partial charge in [-0.25, -0.2) is 4.39 Å². The van der Waals surface area contributed by atoms with Crippen molar-refractivity contribution < 1.29 is 22.7 Å². The second-order valence-electron chi connectivity index (χ2n) is 4.87. The monoisotopic (exact) mass is 313 g/mol. The summed E-state index contributed by atoms with van der Waals surface area (Å²) >= 11 is 0. The highest BCUT2D eigenvalue weighted by Crippen LogP contribution is 2.30. The van der Waals surface area contributed by atoms with Gasteiger partial charge in [0.2, 0.25) is 0 Å². The van der Waals surface area contributed by atoms with Crippen LogP contribution in [0.2, 0.25) is 0 Å². The van der Waals surface area contributed by atoms with Crippen LogP contribution in [0.5, 0.6) is 0 Å². The molecule has 6 heteroatoms. The fraction of sp³-hybridized carbons (Fsp3) is 0.250. The van der Waals surface area contributed by atoms with E-state index in [1.165, 1.54) is 0 Å². The van der Waals surface area contributed by atoms with Crippen molar-refractivity contribution in [3.8, 4) is 0 Å². The van der Waals surface area contributed by atoms with Gasteiger partial charge >= 0.3 is 6.18 Å². The molecule has 0 aliphatic carbocycles. The van der Waals surface area contributed by atoms with Crippen molar-refractivity contribution in [2.75, 3.05) is 11.9 Å². The van der Waals surface area contributed by atoms with Crippen LogP contribution in [0.15, 0.2) is 42.5 Å². The fourth-order valence-electron chi connectivity index (χ4n) is 2.04. The summed E-state index contributed by atoms with van der Waals surface area (Å²) < 4.78 is 51.1. The summed E-state index contributed by atoms with van der Waals surface area (Å²) in [6.07, 6.45) is -4.03. The molecule has 2 aromatic carbocycles. The SMILES string of the molecule is OCCc1ccc(NCc2cc(F)cc(C(F)(F)F)c2)cc1. The molecule has 0 radical (unpaired) electrons. The van der Waals surface area contributed by atoms with E-state index >= 15 is 0 Å². The number of benzene rings is 2. The van der Waals surface area contributed by atoms with Crippen molar-refractivity contribution in [1.29, 1.82) is 0 Å². The lowest BCUT2D eigenvalue weighted by Gasteiger charge is -2.11. The number of rotatable bonds is 5. The van der Waals surface area contributed by atoms with Crippen LogP contribution in [0.25, 0.3) is 0 Å². The Morgan fingerprint density at radius 3 is 2.23 bits per heavy atom. The predicted octanol–water partition coefficient (Wildman–Crippen LogP) is 3.99. The van der Waals surface area contributed by atoms with Crippen LogP contribution in [-0.4, -0.2) is 11.7 Å². The minimum absolute atomic E-state index is 0.0519. The first kappa shape index (κ1) is 16.3. The Morgan fingerprint density at radius 2 is 1.64 bits per heavy atom. The van der Waals surface area contributed by atoms with Crippen molar-refractivity contribution in [1.82, 2.24) is 0 Å². The van der Waals surface area contributed by atoms with Gasteiger partial charge in [-0.15, -0.1) is 0 Å². The predicted molar refractivity (Wildman–Crippen MR) is 76.0 cm³/mol. The van der Waals surface area contributed by atoms with E-state index in [-0.39, 0.29) is 18.7 Å². The molecule has 0 aliphatic heterocycles. The summed E-state index contributed by atoms with van der Waals surface area (Å²) in [7, 11) is 0. The van der Waals surface area contributed by atoms with Gasteiger partial charge in [-0.05, 0) is 47.9 Å². The number of nitrogens with one attached hydrogen (secondary N) is 1. The van der Waals surface area contributed by atoms with Crippen molar-refractivity contribution in [3.05, 3.63) is 65.0 Å². The fourth-order valence-corrected chi connectivity index (χ4v) is 2.04. The molecule has 0 heterocycles. The summed E-state index contributed by atoms with van der Waals surface area (Å²) in [5.74, 6) is -0.912. The molecule has 0 unspecified atom stereocenters. The van der Waals surface area contributed by atoms with E-state index in [0.29, 0.717) is 18.2 Å². The highest BCUT2D eigenvalue weighted by molar-refractivity contribution is 5.45. The van der Waals surface area contributed by atoms with Gasteiger partial charge < -0.3 is 10.4 Å². The first-order chi connectivity index (χ1) is 10.4.